The van der Waals surface area contributed by atoms with Crippen LogP contribution in [-0.2, 0) is 6.54 Å². The molecule has 1 N–H and O–H groups in total. The van der Waals surface area contributed by atoms with Gasteiger partial charge in [0.1, 0.15) is 11.3 Å². The third-order valence-electron chi connectivity index (χ3n) is 4.08. The minimum atomic E-state index is -0.111. The second kappa shape index (κ2) is 6.35. The number of amides is 1. The Labute approximate surface area is 141 Å². The SMILES string of the molecule is Cc1ccn2c(C(=O)NCc3ccc(N(C)C)cc3)c(C)nc2c1. The van der Waals surface area contributed by atoms with Crippen LogP contribution in [0.15, 0.2) is 42.6 Å². The van der Waals surface area contributed by atoms with Crippen molar-refractivity contribution in [2.24, 2.45) is 0 Å². The van der Waals surface area contributed by atoms with Crippen molar-refractivity contribution in [1.29, 1.82) is 0 Å². The number of pyridine rings is 1. The van der Waals surface area contributed by atoms with E-state index in [0.717, 1.165) is 28.2 Å². The molecule has 0 spiro atoms. The molecule has 5 nitrogen and oxygen atoms in total. The summed E-state index contributed by atoms with van der Waals surface area (Å²) >= 11 is 0. The lowest BCUT2D eigenvalue weighted by Crippen LogP contribution is -2.25. The second-order valence-corrected chi connectivity index (χ2v) is 6.22. The molecule has 3 aromatic rings. The molecule has 1 aromatic carbocycles. The predicted octanol–water partition coefficient (Wildman–Crippen LogP) is 2.95. The van der Waals surface area contributed by atoms with Crippen LogP contribution >= 0.6 is 0 Å². The van der Waals surface area contributed by atoms with Crippen LogP contribution in [0.4, 0.5) is 5.69 Å². The summed E-state index contributed by atoms with van der Waals surface area (Å²) < 4.78 is 1.84. The molecule has 0 saturated heterocycles. The molecule has 0 bridgehead atoms. The summed E-state index contributed by atoms with van der Waals surface area (Å²) in [5.74, 6) is -0.111. The van der Waals surface area contributed by atoms with E-state index in [1.54, 1.807) is 0 Å². The van der Waals surface area contributed by atoms with Gasteiger partial charge in [-0.05, 0) is 49.2 Å². The highest BCUT2D eigenvalue weighted by Gasteiger charge is 2.16. The lowest BCUT2D eigenvalue weighted by atomic mass is 10.2. The van der Waals surface area contributed by atoms with Gasteiger partial charge in [0.2, 0.25) is 0 Å². The zero-order valence-electron chi connectivity index (χ0n) is 14.5. The molecule has 0 aliphatic rings. The van der Waals surface area contributed by atoms with Crippen molar-refractivity contribution in [3.05, 3.63) is 65.1 Å². The Morgan fingerprint density at radius 2 is 1.88 bits per heavy atom. The Morgan fingerprint density at radius 3 is 2.54 bits per heavy atom. The number of aromatic nitrogens is 2. The van der Waals surface area contributed by atoms with Crippen LogP contribution in [0, 0.1) is 13.8 Å². The number of hydrogen-bond donors (Lipinski definition) is 1. The Hall–Kier alpha value is -2.82. The summed E-state index contributed by atoms with van der Waals surface area (Å²) in [4.78, 5) is 19.1. The number of hydrogen-bond acceptors (Lipinski definition) is 3. The molecule has 0 aliphatic carbocycles. The first-order valence-corrected chi connectivity index (χ1v) is 7.95. The van der Waals surface area contributed by atoms with Crippen LogP contribution in [0.25, 0.3) is 5.65 Å². The third-order valence-corrected chi connectivity index (χ3v) is 4.08. The summed E-state index contributed by atoms with van der Waals surface area (Å²) in [6.45, 7) is 4.37. The lowest BCUT2D eigenvalue weighted by Gasteiger charge is -2.13. The molecule has 2 aromatic heterocycles. The van der Waals surface area contributed by atoms with Crippen molar-refractivity contribution < 1.29 is 4.79 Å². The first-order chi connectivity index (χ1) is 11.5. The zero-order chi connectivity index (χ0) is 17.3. The molecule has 24 heavy (non-hydrogen) atoms. The maximum atomic E-state index is 12.6. The van der Waals surface area contributed by atoms with E-state index in [4.69, 9.17) is 0 Å². The highest BCUT2D eigenvalue weighted by molar-refractivity contribution is 5.94. The number of rotatable bonds is 4. The molecule has 0 aliphatic heterocycles. The van der Waals surface area contributed by atoms with Gasteiger partial charge in [-0.1, -0.05) is 12.1 Å². The smallest absolute Gasteiger partial charge is 0.270 e. The van der Waals surface area contributed by atoms with Crippen LogP contribution in [0.2, 0.25) is 0 Å². The number of imidazole rings is 1. The summed E-state index contributed by atoms with van der Waals surface area (Å²) in [5, 5.41) is 2.98. The summed E-state index contributed by atoms with van der Waals surface area (Å²) in [7, 11) is 4.01. The largest absolute Gasteiger partial charge is 0.378 e. The van der Waals surface area contributed by atoms with E-state index < -0.39 is 0 Å². The average molecular weight is 322 g/mol. The van der Waals surface area contributed by atoms with Gasteiger partial charge in [0.05, 0.1) is 5.69 Å². The Bertz CT molecular complexity index is 878. The first-order valence-electron chi connectivity index (χ1n) is 7.95. The van der Waals surface area contributed by atoms with Crippen LogP contribution in [0.3, 0.4) is 0 Å². The fourth-order valence-corrected chi connectivity index (χ4v) is 2.72. The van der Waals surface area contributed by atoms with Gasteiger partial charge in [-0.2, -0.15) is 0 Å². The number of anilines is 1. The molecule has 2 heterocycles. The van der Waals surface area contributed by atoms with Crippen LogP contribution in [0.1, 0.15) is 27.3 Å². The predicted molar refractivity (Wildman–Crippen MR) is 96.6 cm³/mol. The monoisotopic (exact) mass is 322 g/mol. The maximum absolute atomic E-state index is 12.6. The Balaban J connectivity index is 1.77. The summed E-state index contributed by atoms with van der Waals surface area (Å²) in [6.07, 6.45) is 1.89. The van der Waals surface area contributed by atoms with E-state index in [0.29, 0.717) is 12.2 Å². The normalized spacial score (nSPS) is 10.8. The number of fused-ring (bicyclic) bond motifs is 1. The highest BCUT2D eigenvalue weighted by atomic mass is 16.1. The van der Waals surface area contributed by atoms with E-state index >= 15 is 0 Å². The van der Waals surface area contributed by atoms with Crippen LogP contribution in [0.5, 0.6) is 0 Å². The summed E-state index contributed by atoms with van der Waals surface area (Å²) in [5.41, 5.74) is 5.46. The molecule has 3 rings (SSSR count). The number of benzene rings is 1. The highest BCUT2D eigenvalue weighted by Crippen LogP contribution is 2.15. The van der Waals surface area contributed by atoms with Crippen molar-refractivity contribution in [2.75, 3.05) is 19.0 Å². The number of nitrogens with zero attached hydrogens (tertiary/aromatic N) is 3. The molecule has 124 valence electrons. The molecular weight excluding hydrogens is 300 g/mol. The van der Waals surface area contributed by atoms with Gasteiger partial charge in [0.15, 0.2) is 0 Å². The Kier molecular flexibility index (Phi) is 4.25. The van der Waals surface area contributed by atoms with Crippen molar-refractivity contribution >= 4 is 17.2 Å². The van der Waals surface area contributed by atoms with Crippen molar-refractivity contribution in [1.82, 2.24) is 14.7 Å². The molecule has 1 amide bonds. The maximum Gasteiger partial charge on any atom is 0.270 e. The lowest BCUT2D eigenvalue weighted by molar-refractivity contribution is 0.0944. The van der Waals surface area contributed by atoms with Gasteiger partial charge < -0.3 is 10.2 Å². The molecule has 0 atom stereocenters. The van der Waals surface area contributed by atoms with Gasteiger partial charge in [-0.15, -0.1) is 0 Å². The molecule has 0 radical (unpaired) electrons. The topological polar surface area (TPSA) is 49.6 Å². The minimum Gasteiger partial charge on any atom is -0.378 e. The minimum absolute atomic E-state index is 0.111. The van der Waals surface area contributed by atoms with E-state index in [2.05, 4.69) is 10.3 Å². The van der Waals surface area contributed by atoms with Crippen molar-refractivity contribution in [3.63, 3.8) is 0 Å². The standard InChI is InChI=1S/C19H22N4O/c1-13-9-10-23-17(11-13)21-14(2)18(23)19(24)20-12-15-5-7-16(8-6-15)22(3)4/h5-11H,12H2,1-4H3,(H,20,24). The number of aryl methyl sites for hydroxylation is 2. The van der Waals surface area contributed by atoms with E-state index in [1.165, 1.54) is 0 Å². The van der Waals surface area contributed by atoms with Gasteiger partial charge >= 0.3 is 0 Å². The zero-order valence-corrected chi connectivity index (χ0v) is 14.5. The Morgan fingerprint density at radius 1 is 1.17 bits per heavy atom. The number of carbonyl (C=O) groups is 1. The first kappa shape index (κ1) is 16.1. The van der Waals surface area contributed by atoms with Crippen LogP contribution < -0.4 is 10.2 Å². The van der Waals surface area contributed by atoms with Crippen LogP contribution in [-0.4, -0.2) is 29.4 Å². The van der Waals surface area contributed by atoms with Gasteiger partial charge in [-0.3, -0.25) is 9.20 Å². The fraction of sp³-hybridized carbons (Fsp3) is 0.263. The molecule has 5 heteroatoms. The van der Waals surface area contributed by atoms with Gasteiger partial charge in [0.25, 0.3) is 5.91 Å². The molecule has 0 fully saturated rings. The van der Waals surface area contributed by atoms with E-state index in [-0.39, 0.29) is 5.91 Å². The summed E-state index contributed by atoms with van der Waals surface area (Å²) in [6, 6.07) is 12.1. The average Bonchev–Trinajstić information content (AvgIpc) is 2.87. The molecule has 0 saturated carbocycles. The quantitative estimate of drug-likeness (QED) is 0.803. The van der Waals surface area contributed by atoms with Gasteiger partial charge in [-0.25, -0.2) is 4.98 Å². The third kappa shape index (κ3) is 3.11. The number of carbonyl (C=O) groups excluding carboxylic acids is 1. The van der Waals surface area contributed by atoms with Crippen molar-refractivity contribution in [2.45, 2.75) is 20.4 Å². The number of nitrogens with one attached hydrogen (secondary N) is 1. The van der Waals surface area contributed by atoms with E-state index in [1.807, 2.05) is 79.8 Å². The molecule has 0 unspecified atom stereocenters. The fourth-order valence-electron chi connectivity index (χ4n) is 2.72. The van der Waals surface area contributed by atoms with Crippen molar-refractivity contribution in [3.8, 4) is 0 Å². The van der Waals surface area contributed by atoms with E-state index in [9.17, 15) is 4.79 Å². The van der Waals surface area contributed by atoms with Gasteiger partial charge in [0, 0.05) is 32.5 Å². The molecular formula is C19H22N4O. The second-order valence-electron chi connectivity index (χ2n) is 6.22.